The molecule has 0 radical (unpaired) electrons. The van der Waals surface area contributed by atoms with Crippen molar-refractivity contribution in [2.24, 2.45) is 0 Å². The summed E-state index contributed by atoms with van der Waals surface area (Å²) in [5.41, 5.74) is 2.84. The molecule has 5 nitrogen and oxygen atoms in total. The summed E-state index contributed by atoms with van der Waals surface area (Å²) in [7, 11) is 0. The van der Waals surface area contributed by atoms with Crippen molar-refractivity contribution in [1.29, 1.82) is 0 Å². The first-order chi connectivity index (χ1) is 15.1. The predicted octanol–water partition coefficient (Wildman–Crippen LogP) is 4.45. The zero-order valence-corrected chi connectivity index (χ0v) is 18.8. The van der Waals surface area contributed by atoms with Crippen LogP contribution in [0.2, 0.25) is 0 Å². The number of nitrogens with zero attached hydrogens (tertiary/aromatic N) is 1. The first-order valence-corrected chi connectivity index (χ1v) is 11.6. The fraction of sp³-hybridized carbons (Fsp3) is 0.462. The van der Waals surface area contributed by atoms with Crippen molar-refractivity contribution in [3.05, 3.63) is 71.3 Å². The number of nitrogens with one attached hydrogen (secondary N) is 2. The minimum absolute atomic E-state index is 0.0123. The Morgan fingerprint density at radius 3 is 2.52 bits per heavy atom. The van der Waals surface area contributed by atoms with Gasteiger partial charge in [0.1, 0.15) is 0 Å². The van der Waals surface area contributed by atoms with Crippen LogP contribution in [0.5, 0.6) is 0 Å². The smallest absolute Gasteiger partial charge is 0.251 e. The second kappa shape index (κ2) is 11.7. The van der Waals surface area contributed by atoms with Gasteiger partial charge in [-0.05, 0) is 55.5 Å². The molecule has 0 saturated heterocycles. The second-order valence-corrected chi connectivity index (χ2v) is 8.38. The minimum atomic E-state index is -0.0323. The molecule has 2 N–H and O–H groups in total. The number of amides is 2. The van der Waals surface area contributed by atoms with Gasteiger partial charge in [-0.25, -0.2) is 0 Å². The highest BCUT2D eigenvalue weighted by Gasteiger charge is 2.24. The van der Waals surface area contributed by atoms with E-state index >= 15 is 0 Å². The van der Waals surface area contributed by atoms with E-state index in [2.05, 4.69) is 53.6 Å². The lowest BCUT2D eigenvalue weighted by Gasteiger charge is -2.31. The molecule has 1 saturated carbocycles. The van der Waals surface area contributed by atoms with Gasteiger partial charge in [-0.15, -0.1) is 0 Å². The standard InChI is InChI=1S/C26H35N3O2/c1-3-5-16-29(24(4-2)21-11-7-6-8-12-21)19-25(30)27-18-20-10-9-13-22(17-20)26(31)28-23-14-15-23/h6-13,17,23-24H,3-5,14-16,18-19H2,1-2H3,(H,27,30)(H,28,31)/t24-/m1/s1. The monoisotopic (exact) mass is 421 g/mol. The minimum Gasteiger partial charge on any atom is -0.351 e. The molecule has 0 aromatic heterocycles. The van der Waals surface area contributed by atoms with Gasteiger partial charge in [-0.1, -0.05) is 62.7 Å². The van der Waals surface area contributed by atoms with Gasteiger partial charge in [0.2, 0.25) is 5.91 Å². The van der Waals surface area contributed by atoms with Crippen LogP contribution in [-0.4, -0.2) is 35.8 Å². The van der Waals surface area contributed by atoms with E-state index in [1.54, 1.807) is 0 Å². The molecule has 166 valence electrons. The summed E-state index contributed by atoms with van der Waals surface area (Å²) in [6.07, 6.45) is 5.25. The van der Waals surface area contributed by atoms with Crippen LogP contribution in [0.15, 0.2) is 54.6 Å². The second-order valence-electron chi connectivity index (χ2n) is 8.38. The van der Waals surface area contributed by atoms with Crippen LogP contribution in [0.1, 0.15) is 73.5 Å². The van der Waals surface area contributed by atoms with Gasteiger partial charge in [-0.2, -0.15) is 0 Å². The van der Waals surface area contributed by atoms with Gasteiger partial charge in [0.15, 0.2) is 0 Å². The molecule has 0 spiro atoms. The molecule has 0 bridgehead atoms. The van der Waals surface area contributed by atoms with Crippen LogP contribution in [-0.2, 0) is 11.3 Å². The van der Waals surface area contributed by atoms with Crippen LogP contribution in [0, 0.1) is 0 Å². The molecule has 2 aromatic rings. The third-order valence-electron chi connectivity index (χ3n) is 5.75. The highest BCUT2D eigenvalue weighted by molar-refractivity contribution is 5.94. The first kappa shape index (κ1) is 23.0. The number of carbonyl (C=O) groups is 2. The number of hydrogen-bond acceptors (Lipinski definition) is 3. The van der Waals surface area contributed by atoms with Crippen LogP contribution in [0.25, 0.3) is 0 Å². The van der Waals surface area contributed by atoms with Crippen LogP contribution >= 0.6 is 0 Å². The lowest BCUT2D eigenvalue weighted by Crippen LogP contribution is -2.39. The number of hydrogen-bond donors (Lipinski definition) is 2. The Balaban J connectivity index is 1.58. The summed E-state index contributed by atoms with van der Waals surface area (Å²) in [6.45, 7) is 6.04. The Bertz CT molecular complexity index is 849. The molecular formula is C26H35N3O2. The van der Waals surface area contributed by atoms with Gasteiger partial charge in [-0.3, -0.25) is 14.5 Å². The molecule has 1 atom stereocenters. The van der Waals surface area contributed by atoms with Crippen LogP contribution in [0.4, 0.5) is 0 Å². The van der Waals surface area contributed by atoms with Crippen molar-refractivity contribution in [3.8, 4) is 0 Å². The fourth-order valence-electron chi connectivity index (χ4n) is 3.85. The van der Waals surface area contributed by atoms with E-state index < -0.39 is 0 Å². The van der Waals surface area contributed by atoms with Crippen LogP contribution in [0.3, 0.4) is 0 Å². The molecule has 1 aliphatic carbocycles. The molecular weight excluding hydrogens is 386 g/mol. The summed E-state index contributed by atoms with van der Waals surface area (Å²) in [5, 5.41) is 6.05. The van der Waals surface area contributed by atoms with Gasteiger partial charge in [0.25, 0.3) is 5.91 Å². The van der Waals surface area contributed by atoms with E-state index in [-0.39, 0.29) is 17.9 Å². The molecule has 0 heterocycles. The van der Waals surface area contributed by atoms with Crippen molar-refractivity contribution in [2.45, 2.75) is 64.6 Å². The van der Waals surface area contributed by atoms with Gasteiger partial charge in [0.05, 0.1) is 6.54 Å². The Hall–Kier alpha value is -2.66. The molecule has 0 aliphatic heterocycles. The molecule has 3 rings (SSSR count). The van der Waals surface area contributed by atoms with Gasteiger partial charge in [0, 0.05) is 24.2 Å². The van der Waals surface area contributed by atoms with Gasteiger partial charge < -0.3 is 10.6 Å². The molecule has 1 aliphatic rings. The van der Waals surface area contributed by atoms with E-state index in [9.17, 15) is 9.59 Å². The average Bonchev–Trinajstić information content (AvgIpc) is 3.61. The lowest BCUT2D eigenvalue weighted by atomic mass is 10.0. The molecule has 31 heavy (non-hydrogen) atoms. The summed E-state index contributed by atoms with van der Waals surface area (Å²) < 4.78 is 0. The Kier molecular flexibility index (Phi) is 8.65. The Morgan fingerprint density at radius 2 is 1.84 bits per heavy atom. The maximum Gasteiger partial charge on any atom is 0.251 e. The molecule has 5 heteroatoms. The SMILES string of the molecule is CCCCN(CC(=O)NCc1cccc(C(=O)NC2CC2)c1)[C@H](CC)c1ccccc1. The highest BCUT2D eigenvalue weighted by Crippen LogP contribution is 2.24. The summed E-state index contributed by atoms with van der Waals surface area (Å²) >= 11 is 0. The number of carbonyl (C=O) groups excluding carboxylic acids is 2. The molecule has 0 unspecified atom stereocenters. The van der Waals surface area contributed by atoms with Crippen molar-refractivity contribution >= 4 is 11.8 Å². The quantitative estimate of drug-likeness (QED) is 0.532. The van der Waals surface area contributed by atoms with Crippen molar-refractivity contribution in [3.63, 3.8) is 0 Å². The van der Waals surface area contributed by atoms with Crippen molar-refractivity contribution < 1.29 is 9.59 Å². The van der Waals surface area contributed by atoms with E-state index in [1.165, 1.54) is 5.56 Å². The molecule has 2 amide bonds. The maximum atomic E-state index is 12.8. The predicted molar refractivity (Wildman–Crippen MR) is 125 cm³/mol. The average molecular weight is 422 g/mol. The zero-order chi connectivity index (χ0) is 22.1. The van der Waals surface area contributed by atoms with Crippen molar-refractivity contribution in [2.75, 3.05) is 13.1 Å². The molecule has 1 fully saturated rings. The third kappa shape index (κ3) is 7.21. The van der Waals surface area contributed by atoms with E-state index in [1.807, 2.05) is 30.3 Å². The largest absolute Gasteiger partial charge is 0.351 e. The summed E-state index contributed by atoms with van der Waals surface area (Å²) in [6, 6.07) is 18.5. The van der Waals surface area contributed by atoms with Crippen LogP contribution < -0.4 is 10.6 Å². The number of unbranched alkanes of at least 4 members (excludes halogenated alkanes) is 1. The fourth-order valence-corrected chi connectivity index (χ4v) is 3.85. The summed E-state index contributed by atoms with van der Waals surface area (Å²) in [4.78, 5) is 27.3. The Morgan fingerprint density at radius 1 is 1.06 bits per heavy atom. The number of rotatable bonds is 12. The van der Waals surface area contributed by atoms with Crippen molar-refractivity contribution in [1.82, 2.24) is 15.5 Å². The zero-order valence-electron chi connectivity index (χ0n) is 18.8. The van der Waals surface area contributed by atoms with Gasteiger partial charge >= 0.3 is 0 Å². The van der Waals surface area contributed by atoms with E-state index in [4.69, 9.17) is 0 Å². The maximum absolute atomic E-state index is 12.8. The van der Waals surface area contributed by atoms with E-state index in [0.29, 0.717) is 24.7 Å². The molecule has 2 aromatic carbocycles. The third-order valence-corrected chi connectivity index (χ3v) is 5.75. The number of benzene rings is 2. The summed E-state index contributed by atoms with van der Waals surface area (Å²) in [5.74, 6) is -0.0200. The topological polar surface area (TPSA) is 61.4 Å². The first-order valence-electron chi connectivity index (χ1n) is 11.6. The normalized spacial score (nSPS) is 14.3. The van der Waals surface area contributed by atoms with E-state index in [0.717, 1.165) is 44.2 Å². The Labute approximate surface area is 186 Å². The lowest BCUT2D eigenvalue weighted by molar-refractivity contribution is -0.123. The highest BCUT2D eigenvalue weighted by atomic mass is 16.2.